The zero-order valence-electron chi connectivity index (χ0n) is 26.0. The lowest BCUT2D eigenvalue weighted by Gasteiger charge is -2.36. The van der Waals surface area contributed by atoms with E-state index in [9.17, 15) is 55.9 Å². The summed E-state index contributed by atoms with van der Waals surface area (Å²) in [6.07, 6.45) is 0.640. The summed E-state index contributed by atoms with van der Waals surface area (Å²) in [6, 6.07) is 9.33. The molecular formula is C36H34O13. The van der Waals surface area contributed by atoms with Gasteiger partial charge < -0.3 is 60.5 Å². The van der Waals surface area contributed by atoms with E-state index in [0.717, 1.165) is 30.3 Å². The predicted octanol–water partition coefficient (Wildman–Crippen LogP) is 5.79. The first-order chi connectivity index (χ1) is 23.2. The Kier molecular flexibility index (Phi) is 9.29. The second kappa shape index (κ2) is 13.4. The highest BCUT2D eigenvalue weighted by Crippen LogP contribution is 2.54. The highest BCUT2D eigenvalue weighted by Gasteiger charge is 2.40. The van der Waals surface area contributed by atoms with Gasteiger partial charge in [-0.3, -0.25) is 0 Å². The van der Waals surface area contributed by atoms with E-state index in [-0.39, 0.29) is 58.8 Å². The molecule has 256 valence electrons. The molecular weight excluding hydrogens is 640 g/mol. The Labute approximate surface area is 279 Å². The van der Waals surface area contributed by atoms with E-state index in [1.54, 1.807) is 19.1 Å². The standard InChI is InChI=1S/C36H34O13/c1-16-9-18(7-8-23(16)39)34-30(48-36(47)19-10-28(44)33(46)29(45)11-19)14-22-24(40)15-27(43)32(35(22)49-34)21(6-4-3-5-17(2)37)31-25(41)12-20(38)13-26(31)42/h3,5,7-13,15,21,30,34,37-46H,2,4,6,14H2,1H3/b5-3-/t21-,30?,34?/m0/s1. The normalized spacial score (nSPS) is 16.1. The Hall–Kier alpha value is -6.37. The molecule has 4 aromatic carbocycles. The van der Waals surface area contributed by atoms with E-state index in [4.69, 9.17) is 9.47 Å². The number of phenolic OH excluding ortho intramolecular Hbond substituents is 9. The van der Waals surface area contributed by atoms with Gasteiger partial charge in [0.05, 0.1) is 5.56 Å². The van der Waals surface area contributed by atoms with Crippen LogP contribution in [-0.4, -0.2) is 63.1 Å². The first-order valence-electron chi connectivity index (χ1n) is 14.9. The van der Waals surface area contributed by atoms with Crippen LogP contribution in [0.1, 0.15) is 63.0 Å². The van der Waals surface area contributed by atoms with E-state index < -0.39 is 70.1 Å². The van der Waals surface area contributed by atoms with Gasteiger partial charge in [0, 0.05) is 47.2 Å². The molecule has 0 amide bonds. The molecule has 0 bridgehead atoms. The Balaban J connectivity index is 1.67. The minimum Gasteiger partial charge on any atom is -0.509 e. The third kappa shape index (κ3) is 6.86. The van der Waals surface area contributed by atoms with E-state index in [0.29, 0.717) is 11.1 Å². The molecule has 2 unspecified atom stereocenters. The highest BCUT2D eigenvalue weighted by molar-refractivity contribution is 5.91. The van der Waals surface area contributed by atoms with Crippen molar-refractivity contribution < 1.29 is 65.3 Å². The number of hydrogen-bond acceptors (Lipinski definition) is 13. The largest absolute Gasteiger partial charge is 0.509 e. The van der Waals surface area contributed by atoms with E-state index in [2.05, 4.69) is 6.58 Å². The van der Waals surface area contributed by atoms with Gasteiger partial charge in [-0.2, -0.15) is 0 Å². The smallest absolute Gasteiger partial charge is 0.338 e. The molecule has 1 aliphatic rings. The number of esters is 1. The van der Waals surface area contributed by atoms with Gasteiger partial charge in [0.15, 0.2) is 23.4 Å². The molecule has 0 spiro atoms. The van der Waals surface area contributed by atoms with E-state index in [1.807, 2.05) is 0 Å². The lowest BCUT2D eigenvalue weighted by Crippen LogP contribution is -2.35. The summed E-state index contributed by atoms with van der Waals surface area (Å²) in [5.74, 6) is -7.12. The lowest BCUT2D eigenvalue weighted by molar-refractivity contribution is -0.0193. The van der Waals surface area contributed by atoms with Crippen LogP contribution in [0.3, 0.4) is 0 Å². The predicted molar refractivity (Wildman–Crippen MR) is 174 cm³/mol. The van der Waals surface area contributed by atoms with Gasteiger partial charge in [0.25, 0.3) is 0 Å². The number of aliphatic hydroxyl groups excluding tert-OH is 1. The number of allylic oxidation sites excluding steroid dienone is 2. The van der Waals surface area contributed by atoms with Gasteiger partial charge >= 0.3 is 5.97 Å². The summed E-state index contributed by atoms with van der Waals surface area (Å²) in [7, 11) is 0. The fraction of sp³-hybridized carbons (Fsp3) is 0.194. The Morgan fingerprint density at radius 1 is 0.857 bits per heavy atom. The number of hydrogen-bond donors (Lipinski definition) is 10. The molecule has 4 aromatic rings. The molecule has 5 rings (SSSR count). The molecule has 13 heteroatoms. The number of aromatic hydroxyl groups is 9. The molecule has 49 heavy (non-hydrogen) atoms. The van der Waals surface area contributed by atoms with Crippen LogP contribution in [0, 0.1) is 6.92 Å². The molecule has 3 atom stereocenters. The van der Waals surface area contributed by atoms with Gasteiger partial charge in [-0.25, -0.2) is 4.79 Å². The summed E-state index contributed by atoms with van der Waals surface area (Å²) in [6.45, 7) is 5.03. The summed E-state index contributed by atoms with van der Waals surface area (Å²) in [4.78, 5) is 13.3. The van der Waals surface area contributed by atoms with Gasteiger partial charge in [-0.05, 0) is 61.2 Å². The number of fused-ring (bicyclic) bond motifs is 1. The third-order valence-corrected chi connectivity index (χ3v) is 8.23. The summed E-state index contributed by atoms with van der Waals surface area (Å²) >= 11 is 0. The molecule has 0 saturated carbocycles. The zero-order chi connectivity index (χ0) is 35.7. The molecule has 0 aromatic heterocycles. The summed E-state index contributed by atoms with van der Waals surface area (Å²) < 4.78 is 12.3. The van der Waals surface area contributed by atoms with Gasteiger partial charge in [0.1, 0.15) is 52.1 Å². The van der Waals surface area contributed by atoms with Crippen molar-refractivity contribution >= 4 is 5.97 Å². The average molecular weight is 675 g/mol. The minimum atomic E-state index is -1.20. The van der Waals surface area contributed by atoms with Crippen molar-refractivity contribution in [1.29, 1.82) is 0 Å². The minimum absolute atomic E-state index is 0.0268. The SMILES string of the molecule is C=C(O)/C=C\CC[C@@H](c1c(O)cc(O)cc1O)c1c(O)cc(O)c2c1OC(c1ccc(O)c(C)c1)C(OC(=O)c1cc(O)c(O)c(O)c1)C2. The van der Waals surface area contributed by atoms with Crippen LogP contribution in [0.5, 0.6) is 57.5 Å². The fourth-order valence-electron chi connectivity index (χ4n) is 5.92. The molecule has 10 N–H and O–H groups in total. The molecule has 1 aliphatic heterocycles. The number of carbonyl (C=O) groups is 1. The van der Waals surface area contributed by atoms with Crippen LogP contribution in [0.15, 0.2) is 73.0 Å². The number of carbonyl (C=O) groups excluding carboxylic acids is 1. The second-order valence-corrected chi connectivity index (χ2v) is 11.7. The molecule has 1 heterocycles. The molecule has 0 aliphatic carbocycles. The first-order valence-corrected chi connectivity index (χ1v) is 14.9. The number of aryl methyl sites for hydroxylation is 1. The van der Waals surface area contributed by atoms with Crippen molar-refractivity contribution in [3.8, 4) is 57.5 Å². The van der Waals surface area contributed by atoms with Crippen LogP contribution in [0.2, 0.25) is 0 Å². The quantitative estimate of drug-likeness (QED) is 0.0439. The maximum absolute atomic E-state index is 13.3. The first kappa shape index (κ1) is 34.0. The number of phenols is 9. The Morgan fingerprint density at radius 3 is 2.10 bits per heavy atom. The summed E-state index contributed by atoms with van der Waals surface area (Å²) in [5.41, 5.74) is 0.554. The molecule has 0 fully saturated rings. The van der Waals surface area contributed by atoms with Crippen LogP contribution in [0.4, 0.5) is 0 Å². The molecule has 13 nitrogen and oxygen atoms in total. The third-order valence-electron chi connectivity index (χ3n) is 8.23. The van der Waals surface area contributed by atoms with Crippen LogP contribution in [0.25, 0.3) is 0 Å². The number of ether oxygens (including phenoxy) is 2. The lowest BCUT2D eigenvalue weighted by atomic mass is 9.82. The topological polar surface area (TPSA) is 238 Å². The van der Waals surface area contributed by atoms with E-state index in [1.165, 1.54) is 18.2 Å². The fourth-order valence-corrected chi connectivity index (χ4v) is 5.92. The number of rotatable bonds is 9. The maximum atomic E-state index is 13.3. The van der Waals surface area contributed by atoms with Gasteiger partial charge in [0.2, 0.25) is 0 Å². The van der Waals surface area contributed by atoms with Crippen LogP contribution in [-0.2, 0) is 11.2 Å². The zero-order valence-corrected chi connectivity index (χ0v) is 26.0. The number of aliphatic hydroxyl groups is 1. The van der Waals surface area contributed by atoms with Crippen molar-refractivity contribution in [2.75, 3.05) is 0 Å². The van der Waals surface area contributed by atoms with E-state index >= 15 is 0 Å². The Bertz CT molecular complexity index is 1930. The summed E-state index contributed by atoms with van der Waals surface area (Å²) in [5, 5.41) is 104. The molecule has 0 saturated heterocycles. The monoisotopic (exact) mass is 674 g/mol. The van der Waals surface area contributed by atoms with Crippen molar-refractivity contribution in [2.24, 2.45) is 0 Å². The van der Waals surface area contributed by atoms with Gasteiger partial charge in [-0.1, -0.05) is 18.7 Å². The van der Waals surface area contributed by atoms with Crippen molar-refractivity contribution in [3.05, 3.63) is 106 Å². The van der Waals surface area contributed by atoms with Crippen LogP contribution >= 0.6 is 0 Å². The Morgan fingerprint density at radius 2 is 1.49 bits per heavy atom. The van der Waals surface area contributed by atoms with Crippen LogP contribution < -0.4 is 4.74 Å². The van der Waals surface area contributed by atoms with Crippen molar-refractivity contribution in [1.82, 2.24) is 0 Å². The number of benzene rings is 4. The molecule has 0 radical (unpaired) electrons. The van der Waals surface area contributed by atoms with Crippen molar-refractivity contribution in [2.45, 2.75) is 44.3 Å². The second-order valence-electron chi connectivity index (χ2n) is 11.7. The van der Waals surface area contributed by atoms with Gasteiger partial charge in [-0.15, -0.1) is 0 Å². The highest BCUT2D eigenvalue weighted by atomic mass is 16.6. The average Bonchev–Trinajstić information content (AvgIpc) is 3.02. The maximum Gasteiger partial charge on any atom is 0.338 e. The van der Waals surface area contributed by atoms with Crippen molar-refractivity contribution in [3.63, 3.8) is 0 Å².